The first kappa shape index (κ1) is 11.1. The number of hydrogen-bond acceptors (Lipinski definition) is 3. The van der Waals surface area contributed by atoms with Crippen LogP contribution in [0.15, 0.2) is 18.2 Å². The molecular formula is C13H20N2O. The zero-order valence-corrected chi connectivity index (χ0v) is 10.5. The average molecular weight is 220 g/mol. The molecule has 3 heteroatoms. The van der Waals surface area contributed by atoms with Crippen molar-refractivity contribution >= 4 is 11.4 Å². The van der Waals surface area contributed by atoms with Crippen molar-refractivity contribution in [3.05, 3.63) is 18.2 Å². The van der Waals surface area contributed by atoms with Gasteiger partial charge in [0.05, 0.1) is 11.8 Å². The Labute approximate surface area is 97.6 Å². The molecule has 1 saturated carbocycles. The van der Waals surface area contributed by atoms with E-state index < -0.39 is 0 Å². The fraction of sp³-hybridized carbons (Fsp3) is 0.538. The van der Waals surface area contributed by atoms with Gasteiger partial charge in [0.1, 0.15) is 5.75 Å². The summed E-state index contributed by atoms with van der Waals surface area (Å²) in [6.07, 6.45) is 2.84. The molecule has 0 atom stereocenters. The van der Waals surface area contributed by atoms with E-state index in [1.165, 1.54) is 18.5 Å². The van der Waals surface area contributed by atoms with Crippen LogP contribution in [0.2, 0.25) is 0 Å². The third-order valence-electron chi connectivity index (χ3n) is 2.76. The third-order valence-corrected chi connectivity index (χ3v) is 2.76. The van der Waals surface area contributed by atoms with Gasteiger partial charge in [-0.05, 0) is 31.0 Å². The molecule has 0 heterocycles. The van der Waals surface area contributed by atoms with Crippen molar-refractivity contribution in [3.63, 3.8) is 0 Å². The molecular weight excluding hydrogens is 200 g/mol. The Kier molecular flexibility index (Phi) is 2.95. The van der Waals surface area contributed by atoms with Gasteiger partial charge in [-0.25, -0.2) is 0 Å². The van der Waals surface area contributed by atoms with Crippen LogP contribution in [0, 0.1) is 0 Å². The molecule has 16 heavy (non-hydrogen) atoms. The number of anilines is 2. The van der Waals surface area contributed by atoms with Crippen molar-refractivity contribution in [3.8, 4) is 5.75 Å². The standard InChI is InChI=1S/C13H20N2O/c1-14(2)10-5-8-13(16-11-6-7-11)12(9-10)15(3)4/h5,8-9,11H,6-7H2,1-4H3. The lowest BCUT2D eigenvalue weighted by Gasteiger charge is -2.21. The summed E-state index contributed by atoms with van der Waals surface area (Å²) in [5.74, 6) is 0.998. The second-order valence-corrected chi connectivity index (χ2v) is 4.76. The van der Waals surface area contributed by atoms with Gasteiger partial charge in [-0.1, -0.05) is 0 Å². The summed E-state index contributed by atoms with van der Waals surface area (Å²) in [6.45, 7) is 0. The molecule has 0 saturated heterocycles. The second-order valence-electron chi connectivity index (χ2n) is 4.76. The molecule has 0 unspecified atom stereocenters. The predicted molar refractivity (Wildman–Crippen MR) is 68.7 cm³/mol. The summed E-state index contributed by atoms with van der Waals surface area (Å²) >= 11 is 0. The summed E-state index contributed by atoms with van der Waals surface area (Å²) < 4.78 is 5.89. The van der Waals surface area contributed by atoms with Crippen molar-refractivity contribution in [2.75, 3.05) is 38.0 Å². The van der Waals surface area contributed by atoms with E-state index >= 15 is 0 Å². The molecule has 0 spiro atoms. The molecule has 1 aliphatic carbocycles. The fourth-order valence-corrected chi connectivity index (χ4v) is 1.60. The molecule has 0 aliphatic heterocycles. The van der Waals surface area contributed by atoms with E-state index in [4.69, 9.17) is 4.74 Å². The monoisotopic (exact) mass is 220 g/mol. The summed E-state index contributed by atoms with van der Waals surface area (Å²) in [6, 6.07) is 6.34. The maximum Gasteiger partial charge on any atom is 0.143 e. The number of rotatable bonds is 4. The second kappa shape index (κ2) is 4.24. The molecule has 1 aliphatic rings. The van der Waals surface area contributed by atoms with E-state index in [0.29, 0.717) is 6.10 Å². The topological polar surface area (TPSA) is 15.7 Å². The quantitative estimate of drug-likeness (QED) is 0.774. The Morgan fingerprint density at radius 1 is 1.06 bits per heavy atom. The summed E-state index contributed by atoms with van der Waals surface area (Å²) in [7, 11) is 8.20. The Morgan fingerprint density at radius 3 is 2.25 bits per heavy atom. The first-order valence-corrected chi connectivity index (χ1v) is 5.73. The van der Waals surface area contributed by atoms with Crippen LogP contribution < -0.4 is 14.5 Å². The van der Waals surface area contributed by atoms with Gasteiger partial charge in [0.25, 0.3) is 0 Å². The van der Waals surface area contributed by atoms with Crippen LogP contribution >= 0.6 is 0 Å². The molecule has 0 amide bonds. The third kappa shape index (κ3) is 2.40. The smallest absolute Gasteiger partial charge is 0.143 e. The highest BCUT2D eigenvalue weighted by molar-refractivity contribution is 5.66. The SMILES string of the molecule is CN(C)c1ccc(OC2CC2)c(N(C)C)c1. The van der Waals surface area contributed by atoms with Crippen molar-refractivity contribution < 1.29 is 4.74 Å². The van der Waals surface area contributed by atoms with Crippen LogP contribution in [-0.4, -0.2) is 34.3 Å². The van der Waals surface area contributed by atoms with Crippen molar-refractivity contribution in [1.29, 1.82) is 0 Å². The summed E-state index contributed by atoms with van der Waals surface area (Å²) in [4.78, 5) is 4.21. The highest BCUT2D eigenvalue weighted by atomic mass is 16.5. The number of benzene rings is 1. The molecule has 0 radical (unpaired) electrons. The van der Waals surface area contributed by atoms with E-state index in [-0.39, 0.29) is 0 Å². The van der Waals surface area contributed by atoms with Crippen molar-refractivity contribution in [2.45, 2.75) is 18.9 Å². The molecule has 1 fully saturated rings. The fourth-order valence-electron chi connectivity index (χ4n) is 1.60. The molecule has 1 aromatic rings. The van der Waals surface area contributed by atoms with E-state index in [9.17, 15) is 0 Å². The molecule has 0 bridgehead atoms. The van der Waals surface area contributed by atoms with Crippen LogP contribution in [-0.2, 0) is 0 Å². The summed E-state index contributed by atoms with van der Waals surface area (Å²) in [5.41, 5.74) is 2.35. The largest absolute Gasteiger partial charge is 0.488 e. The minimum absolute atomic E-state index is 0.448. The van der Waals surface area contributed by atoms with Gasteiger partial charge in [0.2, 0.25) is 0 Å². The lowest BCUT2D eigenvalue weighted by Crippen LogP contribution is -2.14. The van der Waals surface area contributed by atoms with Gasteiger partial charge in [0.15, 0.2) is 0 Å². The first-order chi connectivity index (χ1) is 7.58. The predicted octanol–water partition coefficient (Wildman–Crippen LogP) is 2.36. The van der Waals surface area contributed by atoms with Gasteiger partial charge in [-0.15, -0.1) is 0 Å². The van der Waals surface area contributed by atoms with Crippen LogP contribution in [0.3, 0.4) is 0 Å². The van der Waals surface area contributed by atoms with E-state index in [2.05, 4.69) is 56.2 Å². The first-order valence-electron chi connectivity index (χ1n) is 5.73. The lowest BCUT2D eigenvalue weighted by atomic mass is 10.2. The number of hydrogen-bond donors (Lipinski definition) is 0. The van der Waals surface area contributed by atoms with Crippen molar-refractivity contribution in [2.24, 2.45) is 0 Å². The van der Waals surface area contributed by atoms with Gasteiger partial charge in [0, 0.05) is 33.9 Å². The average Bonchev–Trinajstić information content (AvgIpc) is 3.01. The molecule has 0 N–H and O–H groups in total. The Balaban J connectivity index is 2.28. The minimum Gasteiger partial charge on any atom is -0.488 e. The molecule has 1 aromatic carbocycles. The van der Waals surface area contributed by atoms with Gasteiger partial charge in [-0.2, -0.15) is 0 Å². The van der Waals surface area contributed by atoms with Crippen LogP contribution in [0.5, 0.6) is 5.75 Å². The van der Waals surface area contributed by atoms with Crippen LogP contribution in [0.25, 0.3) is 0 Å². The Hall–Kier alpha value is -1.38. The zero-order valence-electron chi connectivity index (χ0n) is 10.5. The van der Waals surface area contributed by atoms with Crippen molar-refractivity contribution in [1.82, 2.24) is 0 Å². The lowest BCUT2D eigenvalue weighted by molar-refractivity contribution is 0.304. The minimum atomic E-state index is 0.448. The van der Waals surface area contributed by atoms with E-state index in [1.807, 2.05) is 0 Å². The highest BCUT2D eigenvalue weighted by Gasteiger charge is 2.25. The normalized spacial score (nSPS) is 14.8. The van der Waals surface area contributed by atoms with Crippen LogP contribution in [0.4, 0.5) is 11.4 Å². The van der Waals surface area contributed by atoms with E-state index in [0.717, 1.165) is 11.4 Å². The number of nitrogens with zero attached hydrogens (tertiary/aromatic N) is 2. The van der Waals surface area contributed by atoms with Crippen LogP contribution in [0.1, 0.15) is 12.8 Å². The zero-order chi connectivity index (χ0) is 11.7. The molecule has 3 nitrogen and oxygen atoms in total. The molecule has 88 valence electrons. The molecule has 2 rings (SSSR count). The highest BCUT2D eigenvalue weighted by Crippen LogP contribution is 2.35. The molecule has 0 aromatic heterocycles. The summed E-state index contributed by atoms with van der Waals surface area (Å²) in [5, 5.41) is 0. The van der Waals surface area contributed by atoms with Gasteiger partial charge in [-0.3, -0.25) is 0 Å². The Morgan fingerprint density at radius 2 is 1.75 bits per heavy atom. The Bertz CT molecular complexity index is 370. The van der Waals surface area contributed by atoms with Gasteiger partial charge >= 0.3 is 0 Å². The number of ether oxygens (including phenoxy) is 1. The van der Waals surface area contributed by atoms with Gasteiger partial charge < -0.3 is 14.5 Å². The maximum absolute atomic E-state index is 5.89. The van der Waals surface area contributed by atoms with E-state index in [1.54, 1.807) is 0 Å². The maximum atomic E-state index is 5.89.